The molecule has 10 rings (SSSR count). The summed E-state index contributed by atoms with van der Waals surface area (Å²) in [6, 6.07) is 0. The zero-order valence-corrected chi connectivity index (χ0v) is 9.08. The van der Waals surface area contributed by atoms with Crippen LogP contribution in [0.4, 0.5) is 0 Å². The van der Waals surface area contributed by atoms with Gasteiger partial charge in [0.15, 0.2) is 0 Å². The SMILES string of the molecule is C[C]12[CH]3[CH]4[CH]5[CH]1[Fe]45321678[CH]2[CH]1[CH]6[C]7(C)[CH]28. The van der Waals surface area contributed by atoms with E-state index in [1.807, 2.05) is 0 Å². The minimum atomic E-state index is -2.62. The molecule has 8 unspecified atom stereocenters. The van der Waals surface area contributed by atoms with E-state index in [0.717, 1.165) is 8.63 Å². The standard InChI is InChI=1S/2C6H7.Fe/c2*1-6-4-2-3-5-6;/h2*2-5H,1H3;. The molecule has 1 spiro atoms. The molecule has 13 heavy (non-hydrogen) atoms. The van der Waals surface area contributed by atoms with E-state index in [1.54, 1.807) is 0 Å². The van der Waals surface area contributed by atoms with E-state index in [0.29, 0.717) is 0 Å². The van der Waals surface area contributed by atoms with E-state index >= 15 is 0 Å². The Morgan fingerprint density at radius 3 is 1.00 bits per heavy atom. The molecule has 10 heterocycles. The average Bonchev–Trinajstić information content (AvgIpc) is 3.01. The first-order chi connectivity index (χ1) is 5.93. The fourth-order valence-corrected chi connectivity index (χ4v) is 97.3. The van der Waals surface area contributed by atoms with Crippen molar-refractivity contribution >= 4 is 0 Å². The fraction of sp³-hybridized carbons (Fsp3) is 1.00. The van der Waals surface area contributed by atoms with Crippen LogP contribution < -0.4 is 0 Å². The van der Waals surface area contributed by atoms with Crippen molar-refractivity contribution in [3.63, 3.8) is 0 Å². The summed E-state index contributed by atoms with van der Waals surface area (Å²) in [7, 11) is 0. The second-order valence-corrected chi connectivity index (χ2v) is 34.3. The van der Waals surface area contributed by atoms with Crippen molar-refractivity contribution in [1.29, 1.82) is 0 Å². The summed E-state index contributed by atoms with van der Waals surface area (Å²) < 4.78 is 2.31. The topological polar surface area (TPSA) is 0 Å². The molecule has 0 saturated carbocycles. The van der Waals surface area contributed by atoms with Crippen LogP contribution in [0.2, 0.25) is 47.2 Å². The van der Waals surface area contributed by atoms with Gasteiger partial charge >= 0.3 is 67.5 Å². The van der Waals surface area contributed by atoms with Crippen molar-refractivity contribution < 1.29 is 6.51 Å². The Hall–Kier alpha value is 0.519. The molecule has 0 bridgehead atoms. The number of rotatable bonds is 0. The van der Waals surface area contributed by atoms with Gasteiger partial charge in [0.1, 0.15) is 0 Å². The zero-order chi connectivity index (χ0) is 7.94. The van der Waals surface area contributed by atoms with Crippen LogP contribution in [0.15, 0.2) is 0 Å². The Labute approximate surface area is 67.7 Å². The summed E-state index contributed by atoms with van der Waals surface area (Å²) in [6.07, 6.45) is 0. The molecule has 0 radical (unpaired) electrons. The molecule has 10 aliphatic rings. The van der Waals surface area contributed by atoms with Gasteiger partial charge in [-0.05, 0) is 0 Å². The zero-order valence-electron chi connectivity index (χ0n) is 7.97. The minimum absolute atomic E-state index is 1.16. The summed E-state index contributed by atoms with van der Waals surface area (Å²) in [6.45, 7) is 3.02. The van der Waals surface area contributed by atoms with Crippen LogP contribution in [0.25, 0.3) is 0 Å². The molecule has 10 fully saturated rings. The van der Waals surface area contributed by atoms with Gasteiger partial charge in [0.05, 0.1) is 0 Å². The third kappa shape index (κ3) is 0.0270. The van der Waals surface area contributed by atoms with Gasteiger partial charge in [0.2, 0.25) is 0 Å². The molecule has 0 N–H and O–H groups in total. The van der Waals surface area contributed by atoms with Gasteiger partial charge in [0.25, 0.3) is 0 Å². The third-order valence-electron chi connectivity index (χ3n) is 16.3. The molecular formula is C12H14Fe. The van der Waals surface area contributed by atoms with Crippen molar-refractivity contribution in [2.24, 2.45) is 0 Å². The summed E-state index contributed by atoms with van der Waals surface area (Å²) in [4.78, 5) is 12.1. The summed E-state index contributed by atoms with van der Waals surface area (Å²) in [5, 5.41) is 0. The van der Waals surface area contributed by atoms with Crippen LogP contribution >= 0.6 is 0 Å². The van der Waals surface area contributed by atoms with Crippen LogP contribution in [0.5, 0.6) is 0 Å². The predicted octanol–water partition coefficient (Wildman–Crippen LogP) is 4.16. The number of fused-ring (bicyclic) bond motifs is 10. The van der Waals surface area contributed by atoms with Gasteiger partial charge in [-0.1, -0.05) is 0 Å². The Morgan fingerprint density at radius 1 is 0.692 bits per heavy atom. The molecule has 8 atom stereocenters. The van der Waals surface area contributed by atoms with Crippen LogP contribution in [-0.4, -0.2) is 0 Å². The molecule has 70 valence electrons. The van der Waals surface area contributed by atoms with Crippen LogP contribution in [-0.2, 0) is 6.51 Å². The number of hydrogen-bond acceptors (Lipinski definition) is 0. The molecule has 0 nitrogen and oxygen atoms in total. The number of hydrogen-bond donors (Lipinski definition) is 0. The Bertz CT molecular complexity index is 821. The van der Waals surface area contributed by atoms with Gasteiger partial charge in [-0.25, -0.2) is 0 Å². The van der Waals surface area contributed by atoms with Crippen molar-refractivity contribution in [3.05, 3.63) is 0 Å². The van der Waals surface area contributed by atoms with E-state index in [-0.39, 0.29) is 0 Å². The van der Waals surface area contributed by atoms with Crippen LogP contribution in [0.1, 0.15) is 13.8 Å². The van der Waals surface area contributed by atoms with Crippen molar-refractivity contribution in [3.8, 4) is 0 Å². The quantitative estimate of drug-likeness (QED) is 0.531. The predicted molar refractivity (Wildman–Crippen MR) is 46.7 cm³/mol. The molecule has 0 aromatic heterocycles. The van der Waals surface area contributed by atoms with Gasteiger partial charge in [-0.15, -0.1) is 0 Å². The molecule has 10 saturated heterocycles. The van der Waals surface area contributed by atoms with Gasteiger partial charge in [-0.3, -0.25) is 0 Å². The van der Waals surface area contributed by atoms with E-state index in [9.17, 15) is 0 Å². The fourth-order valence-electron chi connectivity index (χ4n) is 18.8. The summed E-state index contributed by atoms with van der Waals surface area (Å²) in [5.41, 5.74) is 0. The first-order valence-electron chi connectivity index (χ1n) is 6.14. The molecule has 10 aliphatic heterocycles. The van der Waals surface area contributed by atoms with Gasteiger partial charge < -0.3 is 0 Å². The Balaban J connectivity index is 2.19. The van der Waals surface area contributed by atoms with Crippen molar-refractivity contribution in [2.45, 2.75) is 61.0 Å². The van der Waals surface area contributed by atoms with E-state index in [2.05, 4.69) is 13.8 Å². The Morgan fingerprint density at radius 2 is 1.00 bits per heavy atom. The molecule has 0 aromatic carbocycles. The van der Waals surface area contributed by atoms with Gasteiger partial charge in [0, 0.05) is 0 Å². The van der Waals surface area contributed by atoms with E-state index in [1.165, 1.54) is 38.5 Å². The summed E-state index contributed by atoms with van der Waals surface area (Å²) in [5.74, 6) is 0. The van der Waals surface area contributed by atoms with Crippen LogP contribution in [0.3, 0.4) is 0 Å². The maximum absolute atomic E-state index is 2.82. The van der Waals surface area contributed by atoms with Gasteiger partial charge in [-0.2, -0.15) is 0 Å². The maximum atomic E-state index is 2.82. The van der Waals surface area contributed by atoms with E-state index < -0.39 is 6.51 Å². The van der Waals surface area contributed by atoms with Crippen LogP contribution in [0, 0.1) is 0 Å². The van der Waals surface area contributed by atoms with E-state index in [4.69, 9.17) is 0 Å². The molecule has 0 aliphatic carbocycles. The first-order valence-corrected chi connectivity index (χ1v) is 12.3. The summed E-state index contributed by atoms with van der Waals surface area (Å²) >= 11 is 0. The molecule has 1 heteroatoms. The molecule has 0 aromatic rings. The Kier molecular flexibility index (Phi) is 0.0804. The van der Waals surface area contributed by atoms with Crippen molar-refractivity contribution in [2.75, 3.05) is 0 Å². The average molecular weight is 214 g/mol. The van der Waals surface area contributed by atoms with Crippen molar-refractivity contribution in [1.82, 2.24) is 0 Å². The third-order valence-corrected chi connectivity index (χ3v) is 61.9. The monoisotopic (exact) mass is 214 g/mol. The normalized spacial score (nSPS) is 158. The molecular weight excluding hydrogens is 200 g/mol. The molecule has 0 amide bonds. The second-order valence-electron chi connectivity index (χ2n) is 10.5. The second kappa shape index (κ2) is 0.250. The first kappa shape index (κ1) is 4.18.